The van der Waals surface area contributed by atoms with Crippen LogP contribution in [0.15, 0.2) is 0 Å². The van der Waals surface area contributed by atoms with Crippen LogP contribution in [0.3, 0.4) is 0 Å². The van der Waals surface area contributed by atoms with Crippen molar-refractivity contribution in [2.75, 3.05) is 19.8 Å². The molecule has 0 unspecified atom stereocenters. The third-order valence-corrected chi connectivity index (χ3v) is 1.92. The number of ether oxygens (including phenoxy) is 1. The lowest BCUT2D eigenvalue weighted by Crippen LogP contribution is -2.26. The molecule has 0 heterocycles. The number of hydrogen-bond acceptors (Lipinski definition) is 2. The Morgan fingerprint density at radius 2 is 1.94 bits per heavy atom. The minimum atomic E-state index is 0.144. The maximum atomic E-state index is 11.3. The van der Waals surface area contributed by atoms with Gasteiger partial charge in [0.2, 0.25) is 5.91 Å². The normalized spacial score (nSPS) is 11.9. The molecule has 0 saturated heterocycles. The zero-order chi connectivity index (χ0) is 12.6. The Hall–Kier alpha value is -0.570. The smallest absolute Gasteiger partial charge is 0.220 e. The monoisotopic (exact) mass is 229 g/mol. The van der Waals surface area contributed by atoms with Gasteiger partial charge >= 0.3 is 0 Å². The van der Waals surface area contributed by atoms with Crippen molar-refractivity contribution < 1.29 is 9.53 Å². The van der Waals surface area contributed by atoms with Crippen molar-refractivity contribution >= 4 is 5.91 Å². The van der Waals surface area contributed by atoms with Crippen LogP contribution in [0, 0.1) is 11.3 Å². The maximum absolute atomic E-state index is 11.3. The van der Waals surface area contributed by atoms with Gasteiger partial charge in [0.05, 0.1) is 6.61 Å². The van der Waals surface area contributed by atoms with Gasteiger partial charge in [-0.3, -0.25) is 4.79 Å². The van der Waals surface area contributed by atoms with Crippen molar-refractivity contribution in [1.82, 2.24) is 5.32 Å². The van der Waals surface area contributed by atoms with Crippen molar-refractivity contribution in [1.29, 1.82) is 0 Å². The zero-order valence-corrected chi connectivity index (χ0v) is 11.4. The lowest BCUT2D eigenvalue weighted by molar-refractivity contribution is -0.121. The van der Waals surface area contributed by atoms with Crippen molar-refractivity contribution in [3.05, 3.63) is 0 Å². The van der Waals surface area contributed by atoms with Gasteiger partial charge in [-0.25, -0.2) is 0 Å². The van der Waals surface area contributed by atoms with Crippen molar-refractivity contribution in [3.8, 4) is 0 Å². The Morgan fingerprint density at radius 3 is 2.44 bits per heavy atom. The molecule has 0 atom stereocenters. The molecular formula is C13H27NO2. The van der Waals surface area contributed by atoms with E-state index in [1.807, 2.05) is 13.8 Å². The first kappa shape index (κ1) is 15.4. The maximum Gasteiger partial charge on any atom is 0.220 e. The summed E-state index contributed by atoms with van der Waals surface area (Å²) >= 11 is 0. The molecule has 1 amide bonds. The molecule has 0 aromatic heterocycles. The van der Waals surface area contributed by atoms with Crippen molar-refractivity contribution in [2.24, 2.45) is 11.3 Å². The van der Waals surface area contributed by atoms with Crippen LogP contribution < -0.4 is 5.32 Å². The molecule has 0 aromatic carbocycles. The minimum absolute atomic E-state index is 0.144. The van der Waals surface area contributed by atoms with E-state index in [1.54, 1.807) is 0 Å². The van der Waals surface area contributed by atoms with Gasteiger partial charge in [-0.2, -0.15) is 0 Å². The van der Waals surface area contributed by atoms with Crippen LogP contribution in [-0.4, -0.2) is 25.7 Å². The molecule has 3 nitrogen and oxygen atoms in total. The van der Waals surface area contributed by atoms with Crippen LogP contribution in [0.4, 0.5) is 0 Å². The van der Waals surface area contributed by atoms with Crippen LogP contribution >= 0.6 is 0 Å². The predicted octanol–water partition coefficient (Wildman–Crippen LogP) is 2.60. The average Bonchev–Trinajstić information content (AvgIpc) is 2.07. The second-order valence-corrected chi connectivity index (χ2v) is 5.91. The van der Waals surface area contributed by atoms with Gasteiger partial charge in [0.25, 0.3) is 0 Å². The fraction of sp³-hybridized carbons (Fsp3) is 0.923. The van der Waals surface area contributed by atoms with E-state index in [0.717, 1.165) is 26.2 Å². The number of carbonyl (C=O) groups excluding carboxylic acids is 1. The summed E-state index contributed by atoms with van der Waals surface area (Å²) in [7, 11) is 0. The Bertz CT molecular complexity index is 195. The molecule has 0 rings (SSSR count). The van der Waals surface area contributed by atoms with E-state index in [-0.39, 0.29) is 11.3 Å². The Balaban J connectivity index is 3.31. The van der Waals surface area contributed by atoms with Gasteiger partial charge in [-0.1, -0.05) is 34.6 Å². The molecule has 16 heavy (non-hydrogen) atoms. The van der Waals surface area contributed by atoms with Crippen molar-refractivity contribution in [2.45, 2.75) is 47.5 Å². The summed E-state index contributed by atoms with van der Waals surface area (Å²) in [5, 5.41) is 2.89. The first-order chi connectivity index (χ1) is 7.31. The SMILES string of the molecule is CC(C)CC(=O)NCCCOCC(C)(C)C. The lowest BCUT2D eigenvalue weighted by Gasteiger charge is -2.17. The van der Waals surface area contributed by atoms with E-state index >= 15 is 0 Å². The predicted molar refractivity (Wildman–Crippen MR) is 67.4 cm³/mol. The van der Waals surface area contributed by atoms with Crippen molar-refractivity contribution in [3.63, 3.8) is 0 Å². The highest BCUT2D eigenvalue weighted by atomic mass is 16.5. The quantitative estimate of drug-likeness (QED) is 0.681. The Morgan fingerprint density at radius 1 is 1.31 bits per heavy atom. The summed E-state index contributed by atoms with van der Waals surface area (Å²) in [6, 6.07) is 0. The van der Waals surface area contributed by atoms with E-state index in [4.69, 9.17) is 4.74 Å². The van der Waals surface area contributed by atoms with E-state index in [1.165, 1.54) is 0 Å². The van der Waals surface area contributed by atoms with Crippen LogP contribution in [0.5, 0.6) is 0 Å². The molecule has 0 aliphatic rings. The van der Waals surface area contributed by atoms with Gasteiger partial charge in [0.15, 0.2) is 0 Å². The molecule has 0 aliphatic heterocycles. The third kappa shape index (κ3) is 11.5. The molecule has 0 aliphatic carbocycles. The number of nitrogens with one attached hydrogen (secondary N) is 1. The van der Waals surface area contributed by atoms with Gasteiger partial charge in [-0.05, 0) is 17.8 Å². The van der Waals surface area contributed by atoms with E-state index in [2.05, 4.69) is 26.1 Å². The van der Waals surface area contributed by atoms with Gasteiger partial charge in [0.1, 0.15) is 0 Å². The molecule has 0 aromatic rings. The molecule has 0 saturated carbocycles. The highest BCUT2D eigenvalue weighted by Gasteiger charge is 2.09. The first-order valence-electron chi connectivity index (χ1n) is 6.16. The van der Waals surface area contributed by atoms with Crippen LogP contribution in [0.1, 0.15) is 47.5 Å². The zero-order valence-electron chi connectivity index (χ0n) is 11.4. The second-order valence-electron chi connectivity index (χ2n) is 5.91. The van der Waals surface area contributed by atoms with Crippen LogP contribution in [-0.2, 0) is 9.53 Å². The lowest BCUT2D eigenvalue weighted by atomic mass is 9.99. The van der Waals surface area contributed by atoms with Gasteiger partial charge in [-0.15, -0.1) is 0 Å². The first-order valence-corrected chi connectivity index (χ1v) is 6.16. The fourth-order valence-electron chi connectivity index (χ4n) is 1.22. The highest BCUT2D eigenvalue weighted by Crippen LogP contribution is 2.12. The highest BCUT2D eigenvalue weighted by molar-refractivity contribution is 5.75. The number of carbonyl (C=O) groups is 1. The van der Waals surface area contributed by atoms with Gasteiger partial charge in [0, 0.05) is 19.6 Å². The molecule has 1 N–H and O–H groups in total. The summed E-state index contributed by atoms with van der Waals surface area (Å²) < 4.78 is 5.51. The second kappa shape index (κ2) is 7.66. The van der Waals surface area contributed by atoms with E-state index < -0.39 is 0 Å². The van der Waals surface area contributed by atoms with E-state index in [9.17, 15) is 4.79 Å². The molecule has 0 fully saturated rings. The topological polar surface area (TPSA) is 38.3 Å². The van der Waals surface area contributed by atoms with Crippen LogP contribution in [0.2, 0.25) is 0 Å². The summed E-state index contributed by atoms with van der Waals surface area (Å²) in [4.78, 5) is 11.3. The molecule has 0 bridgehead atoms. The summed E-state index contributed by atoms with van der Waals surface area (Å²) in [5.74, 6) is 0.572. The molecule has 0 radical (unpaired) electrons. The largest absolute Gasteiger partial charge is 0.381 e. The summed E-state index contributed by atoms with van der Waals surface area (Å²) in [6.45, 7) is 12.8. The Kier molecular flexibility index (Phi) is 7.39. The number of amides is 1. The molecule has 96 valence electrons. The molecule has 0 spiro atoms. The summed E-state index contributed by atoms with van der Waals surface area (Å²) in [6.07, 6.45) is 1.50. The molecule has 3 heteroatoms. The standard InChI is InChI=1S/C13H27NO2/c1-11(2)9-12(15)14-7-6-8-16-10-13(3,4)5/h11H,6-10H2,1-5H3,(H,14,15). The van der Waals surface area contributed by atoms with E-state index in [0.29, 0.717) is 12.3 Å². The number of rotatable bonds is 7. The number of hydrogen-bond donors (Lipinski definition) is 1. The van der Waals surface area contributed by atoms with Crippen LogP contribution in [0.25, 0.3) is 0 Å². The average molecular weight is 229 g/mol. The fourth-order valence-corrected chi connectivity index (χ4v) is 1.22. The third-order valence-electron chi connectivity index (χ3n) is 1.92. The Labute approximate surface area is 99.9 Å². The minimum Gasteiger partial charge on any atom is -0.381 e. The molecular weight excluding hydrogens is 202 g/mol. The van der Waals surface area contributed by atoms with Gasteiger partial charge < -0.3 is 10.1 Å². The summed E-state index contributed by atoms with van der Waals surface area (Å²) in [5.41, 5.74) is 0.223.